The van der Waals surface area contributed by atoms with Crippen molar-refractivity contribution in [1.29, 1.82) is 0 Å². The Hall–Kier alpha value is -0.520. The van der Waals surface area contributed by atoms with Gasteiger partial charge >= 0.3 is 0 Å². The van der Waals surface area contributed by atoms with Crippen LogP contribution in [-0.4, -0.2) is 0 Å². The SMILES string of the molecule is CC1CC/C=C\CC/C=C\CCC1. The van der Waals surface area contributed by atoms with E-state index in [1.54, 1.807) is 0 Å². The molecule has 0 aromatic rings. The molecule has 1 unspecified atom stereocenters. The highest BCUT2D eigenvalue weighted by Gasteiger charge is 1.99. The van der Waals surface area contributed by atoms with Gasteiger partial charge in [0, 0.05) is 0 Å². The lowest BCUT2D eigenvalue weighted by Crippen LogP contribution is -1.93. The van der Waals surface area contributed by atoms with Crippen molar-refractivity contribution in [3.8, 4) is 0 Å². The van der Waals surface area contributed by atoms with Gasteiger partial charge in [0.25, 0.3) is 0 Å². The zero-order valence-corrected chi connectivity index (χ0v) is 8.84. The Labute approximate surface area is 82.7 Å². The molecular formula is C13H22. The van der Waals surface area contributed by atoms with E-state index in [-0.39, 0.29) is 0 Å². The maximum Gasteiger partial charge on any atom is -0.0316 e. The van der Waals surface area contributed by atoms with Crippen LogP contribution in [0.3, 0.4) is 0 Å². The predicted molar refractivity (Wildman–Crippen MR) is 59.8 cm³/mol. The van der Waals surface area contributed by atoms with Gasteiger partial charge in [0.15, 0.2) is 0 Å². The van der Waals surface area contributed by atoms with Crippen LogP contribution < -0.4 is 0 Å². The Morgan fingerprint density at radius 1 is 0.769 bits per heavy atom. The fourth-order valence-corrected chi connectivity index (χ4v) is 1.77. The summed E-state index contributed by atoms with van der Waals surface area (Å²) in [4.78, 5) is 0. The van der Waals surface area contributed by atoms with Crippen LogP contribution in [-0.2, 0) is 0 Å². The van der Waals surface area contributed by atoms with E-state index >= 15 is 0 Å². The van der Waals surface area contributed by atoms with Crippen molar-refractivity contribution in [2.24, 2.45) is 5.92 Å². The summed E-state index contributed by atoms with van der Waals surface area (Å²) in [6, 6.07) is 0. The van der Waals surface area contributed by atoms with E-state index < -0.39 is 0 Å². The van der Waals surface area contributed by atoms with Gasteiger partial charge in [-0.3, -0.25) is 0 Å². The van der Waals surface area contributed by atoms with Gasteiger partial charge in [-0.15, -0.1) is 0 Å². The average molecular weight is 178 g/mol. The molecule has 1 aliphatic rings. The average Bonchev–Trinajstić information content (AvgIpc) is 2.11. The summed E-state index contributed by atoms with van der Waals surface area (Å²) in [5.74, 6) is 0.914. The number of allylic oxidation sites excluding steroid dienone is 4. The highest BCUT2D eigenvalue weighted by molar-refractivity contribution is 4.89. The molecule has 0 bridgehead atoms. The Kier molecular flexibility index (Phi) is 5.64. The normalized spacial score (nSPS) is 31.3. The smallest absolute Gasteiger partial charge is 0.0316 e. The van der Waals surface area contributed by atoms with Crippen molar-refractivity contribution in [3.05, 3.63) is 24.3 Å². The Morgan fingerprint density at radius 2 is 1.38 bits per heavy atom. The van der Waals surface area contributed by atoms with Crippen molar-refractivity contribution < 1.29 is 0 Å². The monoisotopic (exact) mass is 178 g/mol. The lowest BCUT2D eigenvalue weighted by Gasteiger charge is -2.08. The highest BCUT2D eigenvalue weighted by atomic mass is 14.1. The summed E-state index contributed by atoms with van der Waals surface area (Å²) in [6.07, 6.45) is 18.5. The molecule has 0 aliphatic heterocycles. The molecule has 0 spiro atoms. The molecule has 1 rings (SSSR count). The Bertz CT molecular complexity index is 165. The zero-order valence-electron chi connectivity index (χ0n) is 8.84. The first-order chi connectivity index (χ1) is 6.39. The molecule has 1 atom stereocenters. The maximum atomic E-state index is 2.38. The number of hydrogen-bond donors (Lipinski definition) is 0. The molecule has 0 aromatic carbocycles. The summed E-state index contributed by atoms with van der Waals surface area (Å²) in [5, 5.41) is 0. The standard InChI is InChI=1S/C13H22/c1-13-11-9-7-5-3-2-4-6-8-10-12-13/h3,5-6,8,13H,2,4,7,9-12H2,1H3/b5-3-,8-6-. The van der Waals surface area contributed by atoms with Gasteiger partial charge in [-0.1, -0.05) is 37.6 Å². The van der Waals surface area contributed by atoms with Crippen molar-refractivity contribution >= 4 is 0 Å². The van der Waals surface area contributed by atoms with Gasteiger partial charge in [0.1, 0.15) is 0 Å². The van der Waals surface area contributed by atoms with Crippen LogP contribution in [0.5, 0.6) is 0 Å². The second-order valence-electron chi connectivity index (χ2n) is 4.13. The lowest BCUT2D eigenvalue weighted by molar-refractivity contribution is 0.480. The first-order valence-corrected chi connectivity index (χ1v) is 5.69. The fraction of sp³-hybridized carbons (Fsp3) is 0.692. The van der Waals surface area contributed by atoms with Gasteiger partial charge in [0.05, 0.1) is 0 Å². The third kappa shape index (κ3) is 5.68. The molecule has 0 saturated carbocycles. The van der Waals surface area contributed by atoms with E-state index in [0.717, 1.165) is 5.92 Å². The molecule has 0 heteroatoms. The van der Waals surface area contributed by atoms with Crippen molar-refractivity contribution in [2.75, 3.05) is 0 Å². The van der Waals surface area contributed by atoms with Gasteiger partial charge < -0.3 is 0 Å². The Balaban J connectivity index is 2.29. The molecule has 0 N–H and O–H groups in total. The zero-order chi connectivity index (χ0) is 9.36. The minimum Gasteiger partial charge on any atom is -0.0885 e. The molecule has 1 aliphatic carbocycles. The van der Waals surface area contributed by atoms with E-state index in [2.05, 4.69) is 31.2 Å². The van der Waals surface area contributed by atoms with Crippen LogP contribution in [0.4, 0.5) is 0 Å². The van der Waals surface area contributed by atoms with E-state index in [9.17, 15) is 0 Å². The summed E-state index contributed by atoms with van der Waals surface area (Å²) in [7, 11) is 0. The third-order valence-electron chi connectivity index (χ3n) is 2.73. The van der Waals surface area contributed by atoms with Crippen LogP contribution in [0, 0.1) is 5.92 Å². The molecule has 0 radical (unpaired) electrons. The minimum atomic E-state index is 0.914. The van der Waals surface area contributed by atoms with Crippen molar-refractivity contribution in [3.63, 3.8) is 0 Å². The third-order valence-corrected chi connectivity index (χ3v) is 2.73. The van der Waals surface area contributed by atoms with Crippen molar-refractivity contribution in [1.82, 2.24) is 0 Å². The van der Waals surface area contributed by atoms with Crippen LogP contribution in [0.2, 0.25) is 0 Å². The van der Waals surface area contributed by atoms with E-state index in [1.165, 1.54) is 44.9 Å². The highest BCUT2D eigenvalue weighted by Crippen LogP contribution is 2.15. The quantitative estimate of drug-likeness (QED) is 0.480. The van der Waals surface area contributed by atoms with Crippen molar-refractivity contribution in [2.45, 2.75) is 51.9 Å². The summed E-state index contributed by atoms with van der Waals surface area (Å²) >= 11 is 0. The van der Waals surface area contributed by atoms with Gasteiger partial charge in [-0.25, -0.2) is 0 Å². The summed E-state index contributed by atoms with van der Waals surface area (Å²) < 4.78 is 0. The molecule has 0 saturated heterocycles. The molecular weight excluding hydrogens is 156 g/mol. The van der Waals surface area contributed by atoms with E-state index in [0.29, 0.717) is 0 Å². The molecule has 74 valence electrons. The second kappa shape index (κ2) is 6.94. The molecule has 0 amide bonds. The molecule has 0 aromatic heterocycles. The minimum absolute atomic E-state index is 0.914. The van der Waals surface area contributed by atoms with Gasteiger partial charge in [-0.05, 0) is 44.4 Å². The first-order valence-electron chi connectivity index (χ1n) is 5.69. The number of rotatable bonds is 0. The Morgan fingerprint density at radius 3 is 2.15 bits per heavy atom. The fourth-order valence-electron chi connectivity index (χ4n) is 1.77. The summed E-state index contributed by atoms with van der Waals surface area (Å²) in [6.45, 7) is 2.38. The van der Waals surface area contributed by atoms with Crippen LogP contribution in [0.25, 0.3) is 0 Å². The first kappa shape index (κ1) is 10.6. The second-order valence-corrected chi connectivity index (χ2v) is 4.13. The largest absolute Gasteiger partial charge is 0.0885 e. The molecule has 13 heavy (non-hydrogen) atoms. The summed E-state index contributed by atoms with van der Waals surface area (Å²) in [5.41, 5.74) is 0. The maximum absolute atomic E-state index is 2.38. The predicted octanol–water partition coefficient (Wildman–Crippen LogP) is 4.48. The van der Waals surface area contributed by atoms with E-state index in [4.69, 9.17) is 0 Å². The molecule has 0 heterocycles. The van der Waals surface area contributed by atoms with Crippen LogP contribution in [0.15, 0.2) is 24.3 Å². The van der Waals surface area contributed by atoms with Crippen LogP contribution in [0.1, 0.15) is 51.9 Å². The van der Waals surface area contributed by atoms with Gasteiger partial charge in [-0.2, -0.15) is 0 Å². The van der Waals surface area contributed by atoms with Gasteiger partial charge in [0.2, 0.25) is 0 Å². The lowest BCUT2D eigenvalue weighted by atomic mass is 9.98. The van der Waals surface area contributed by atoms with Crippen LogP contribution >= 0.6 is 0 Å². The molecule has 0 fully saturated rings. The topological polar surface area (TPSA) is 0 Å². The molecule has 0 nitrogen and oxygen atoms in total. The number of hydrogen-bond acceptors (Lipinski definition) is 0. The van der Waals surface area contributed by atoms with E-state index in [1.807, 2.05) is 0 Å².